The van der Waals surface area contributed by atoms with Crippen molar-refractivity contribution in [1.29, 1.82) is 0 Å². The Morgan fingerprint density at radius 2 is 2.17 bits per heavy atom. The Labute approximate surface area is 107 Å². The van der Waals surface area contributed by atoms with Crippen LogP contribution in [0, 0.1) is 0 Å². The smallest absolute Gasteiger partial charge is 0.146 e. The molecule has 0 aliphatic heterocycles. The van der Waals surface area contributed by atoms with Crippen molar-refractivity contribution in [2.75, 3.05) is 12.4 Å². The quantitative estimate of drug-likeness (QED) is 0.867. The fourth-order valence-corrected chi connectivity index (χ4v) is 2.17. The van der Waals surface area contributed by atoms with Gasteiger partial charge in [0.05, 0.1) is 12.0 Å². The monoisotopic (exact) mass is 243 g/mol. The van der Waals surface area contributed by atoms with Crippen molar-refractivity contribution in [2.45, 2.75) is 25.4 Å². The molecule has 3 heteroatoms. The standard InChI is InChI=1S/C15H17NO2/c1-16-14-6-2-5-13(11-7-8-11)15(14)18-10-12-4-3-9-17-12/h2-6,9,11,16H,7-8,10H2,1H3. The van der Waals surface area contributed by atoms with Crippen LogP contribution in [0.5, 0.6) is 5.75 Å². The lowest BCUT2D eigenvalue weighted by molar-refractivity contribution is 0.269. The molecule has 0 amide bonds. The Morgan fingerprint density at radius 1 is 1.28 bits per heavy atom. The van der Waals surface area contributed by atoms with Crippen molar-refractivity contribution in [3.05, 3.63) is 47.9 Å². The Bertz CT molecular complexity index is 515. The fraction of sp³-hybridized carbons (Fsp3) is 0.333. The summed E-state index contributed by atoms with van der Waals surface area (Å²) in [5, 5.41) is 3.19. The van der Waals surface area contributed by atoms with Crippen LogP contribution in [0.25, 0.3) is 0 Å². The summed E-state index contributed by atoms with van der Waals surface area (Å²) in [6.07, 6.45) is 4.21. The van der Waals surface area contributed by atoms with E-state index in [-0.39, 0.29) is 0 Å². The molecule has 1 fully saturated rings. The molecule has 1 saturated carbocycles. The molecular weight excluding hydrogens is 226 g/mol. The second-order valence-corrected chi connectivity index (χ2v) is 4.62. The molecule has 2 aromatic rings. The van der Waals surface area contributed by atoms with E-state index in [2.05, 4.69) is 17.4 Å². The van der Waals surface area contributed by atoms with Gasteiger partial charge in [0, 0.05) is 7.05 Å². The van der Waals surface area contributed by atoms with E-state index in [4.69, 9.17) is 9.15 Å². The second kappa shape index (κ2) is 4.77. The molecule has 1 aliphatic rings. The molecule has 0 saturated heterocycles. The zero-order valence-electron chi connectivity index (χ0n) is 10.5. The molecule has 3 nitrogen and oxygen atoms in total. The molecule has 0 radical (unpaired) electrons. The first-order chi connectivity index (χ1) is 8.88. The summed E-state index contributed by atoms with van der Waals surface area (Å²) in [7, 11) is 1.92. The van der Waals surface area contributed by atoms with Crippen molar-refractivity contribution < 1.29 is 9.15 Å². The SMILES string of the molecule is CNc1cccc(C2CC2)c1OCc1ccco1. The van der Waals surface area contributed by atoms with Crippen molar-refractivity contribution in [3.8, 4) is 5.75 Å². The molecule has 1 aromatic carbocycles. The van der Waals surface area contributed by atoms with Crippen LogP contribution >= 0.6 is 0 Å². The third kappa shape index (κ3) is 2.21. The van der Waals surface area contributed by atoms with Gasteiger partial charge in [0.1, 0.15) is 18.1 Å². The molecule has 0 atom stereocenters. The largest absolute Gasteiger partial charge is 0.483 e. The van der Waals surface area contributed by atoms with E-state index < -0.39 is 0 Å². The Balaban J connectivity index is 1.84. The molecule has 1 heterocycles. The first-order valence-electron chi connectivity index (χ1n) is 6.34. The van der Waals surface area contributed by atoms with Gasteiger partial charge in [0.15, 0.2) is 0 Å². The summed E-state index contributed by atoms with van der Waals surface area (Å²) in [4.78, 5) is 0. The maximum atomic E-state index is 5.95. The molecule has 0 bridgehead atoms. The van der Waals surface area contributed by atoms with E-state index >= 15 is 0 Å². The fourth-order valence-electron chi connectivity index (χ4n) is 2.17. The predicted molar refractivity (Wildman–Crippen MR) is 71.0 cm³/mol. The minimum absolute atomic E-state index is 0.478. The summed E-state index contributed by atoms with van der Waals surface area (Å²) >= 11 is 0. The lowest BCUT2D eigenvalue weighted by Gasteiger charge is -2.14. The molecule has 0 unspecified atom stereocenters. The maximum Gasteiger partial charge on any atom is 0.146 e. The van der Waals surface area contributed by atoms with Gasteiger partial charge in [-0.2, -0.15) is 0 Å². The average Bonchev–Trinajstić information content (AvgIpc) is 3.12. The van der Waals surface area contributed by atoms with Crippen LogP contribution in [-0.2, 0) is 6.61 Å². The van der Waals surface area contributed by atoms with Crippen LogP contribution in [-0.4, -0.2) is 7.05 Å². The van der Waals surface area contributed by atoms with Gasteiger partial charge in [0.2, 0.25) is 0 Å². The lowest BCUT2D eigenvalue weighted by Crippen LogP contribution is -2.01. The van der Waals surface area contributed by atoms with E-state index in [0.717, 1.165) is 17.2 Å². The molecule has 3 rings (SSSR count). The van der Waals surface area contributed by atoms with Crippen LogP contribution in [0.1, 0.15) is 30.1 Å². The summed E-state index contributed by atoms with van der Waals surface area (Å²) < 4.78 is 11.2. The van der Waals surface area contributed by atoms with E-state index in [1.165, 1.54) is 18.4 Å². The molecular formula is C15H17NO2. The Hall–Kier alpha value is -1.90. The van der Waals surface area contributed by atoms with Crippen molar-refractivity contribution in [1.82, 2.24) is 0 Å². The molecule has 1 aliphatic carbocycles. The van der Waals surface area contributed by atoms with Gasteiger partial charge >= 0.3 is 0 Å². The number of nitrogens with one attached hydrogen (secondary N) is 1. The summed E-state index contributed by atoms with van der Waals surface area (Å²) in [5.74, 6) is 2.49. The van der Waals surface area contributed by atoms with E-state index in [9.17, 15) is 0 Å². The zero-order chi connectivity index (χ0) is 12.4. The second-order valence-electron chi connectivity index (χ2n) is 4.62. The number of furan rings is 1. The van der Waals surface area contributed by atoms with Gasteiger partial charge in [0.25, 0.3) is 0 Å². The van der Waals surface area contributed by atoms with Crippen molar-refractivity contribution >= 4 is 5.69 Å². The highest BCUT2D eigenvalue weighted by atomic mass is 16.5. The van der Waals surface area contributed by atoms with Gasteiger partial charge in [-0.3, -0.25) is 0 Å². The average molecular weight is 243 g/mol. The highest BCUT2D eigenvalue weighted by Gasteiger charge is 2.27. The summed E-state index contributed by atoms with van der Waals surface area (Å²) in [5.41, 5.74) is 2.36. The van der Waals surface area contributed by atoms with Crippen LogP contribution in [0.2, 0.25) is 0 Å². The highest BCUT2D eigenvalue weighted by Crippen LogP contribution is 2.46. The molecule has 1 N–H and O–H groups in total. The molecule has 18 heavy (non-hydrogen) atoms. The summed E-state index contributed by atoms with van der Waals surface area (Å²) in [6, 6.07) is 10.1. The van der Waals surface area contributed by atoms with Crippen LogP contribution < -0.4 is 10.1 Å². The molecule has 94 valence electrons. The molecule has 0 spiro atoms. The number of hydrogen-bond acceptors (Lipinski definition) is 3. The van der Waals surface area contributed by atoms with E-state index in [1.54, 1.807) is 6.26 Å². The lowest BCUT2D eigenvalue weighted by atomic mass is 10.1. The van der Waals surface area contributed by atoms with Gasteiger partial charge in [-0.25, -0.2) is 0 Å². The number of ether oxygens (including phenoxy) is 1. The van der Waals surface area contributed by atoms with Crippen LogP contribution in [0.15, 0.2) is 41.0 Å². The first-order valence-corrected chi connectivity index (χ1v) is 6.34. The third-order valence-electron chi connectivity index (χ3n) is 3.27. The maximum absolute atomic E-state index is 5.95. The van der Waals surface area contributed by atoms with Gasteiger partial charge in [-0.05, 0) is 42.5 Å². The Kier molecular flexibility index (Phi) is 2.97. The van der Waals surface area contributed by atoms with Crippen LogP contribution in [0.4, 0.5) is 5.69 Å². The van der Waals surface area contributed by atoms with Gasteiger partial charge in [-0.1, -0.05) is 12.1 Å². The van der Waals surface area contributed by atoms with Gasteiger partial charge < -0.3 is 14.5 Å². The Morgan fingerprint density at radius 3 is 2.83 bits per heavy atom. The third-order valence-corrected chi connectivity index (χ3v) is 3.27. The number of anilines is 1. The number of hydrogen-bond donors (Lipinski definition) is 1. The van der Waals surface area contributed by atoms with Crippen LogP contribution in [0.3, 0.4) is 0 Å². The van der Waals surface area contributed by atoms with E-state index in [1.807, 2.05) is 25.2 Å². The van der Waals surface area contributed by atoms with E-state index in [0.29, 0.717) is 12.5 Å². The topological polar surface area (TPSA) is 34.4 Å². The normalized spacial score (nSPS) is 14.5. The first kappa shape index (κ1) is 11.2. The minimum Gasteiger partial charge on any atom is -0.483 e. The number of rotatable bonds is 5. The minimum atomic E-state index is 0.478. The van der Waals surface area contributed by atoms with Gasteiger partial charge in [-0.15, -0.1) is 0 Å². The van der Waals surface area contributed by atoms with Crippen molar-refractivity contribution in [3.63, 3.8) is 0 Å². The number of benzene rings is 1. The summed E-state index contributed by atoms with van der Waals surface area (Å²) in [6.45, 7) is 0.478. The molecule has 1 aromatic heterocycles. The zero-order valence-corrected chi connectivity index (χ0v) is 10.5. The number of para-hydroxylation sites is 1. The van der Waals surface area contributed by atoms with Crippen molar-refractivity contribution in [2.24, 2.45) is 0 Å². The highest BCUT2D eigenvalue weighted by molar-refractivity contribution is 5.61. The predicted octanol–water partition coefficient (Wildman–Crippen LogP) is 3.78.